The average Bonchev–Trinajstić information content (AvgIpc) is 3.79. The van der Waals surface area contributed by atoms with Crippen molar-refractivity contribution in [2.24, 2.45) is 7.05 Å². The number of aryl methyl sites for hydroxylation is 2. The quantitative estimate of drug-likeness (QED) is 0.0843. The number of carbonyl (C=O) groups is 3. The van der Waals surface area contributed by atoms with Crippen LogP contribution in [0.15, 0.2) is 122 Å². The van der Waals surface area contributed by atoms with Gasteiger partial charge in [0.15, 0.2) is 23.0 Å². The Bertz CT molecular complexity index is 2190. The third-order valence-corrected chi connectivity index (χ3v) is 7.79. The summed E-state index contributed by atoms with van der Waals surface area (Å²) in [4.78, 5) is 43.1. The van der Waals surface area contributed by atoms with Gasteiger partial charge in [-0.2, -0.15) is 5.10 Å². The molecule has 3 aromatic carbocycles. The predicted molar refractivity (Wildman–Crippen MR) is 196 cm³/mol. The number of ketones is 1. The smallest absolute Gasteiger partial charge is 0.260 e. The number of Topliss-reactive ketones (excluding diaryl/α,β-unsaturated/α-hetero) is 1. The number of ether oxygens (including phenoxy) is 2. The molecule has 3 aromatic heterocycles. The maximum Gasteiger partial charge on any atom is 0.260 e. The van der Waals surface area contributed by atoms with Crippen LogP contribution in [0.2, 0.25) is 0 Å². The molecule has 0 spiro atoms. The predicted octanol–water partition coefficient (Wildman–Crippen LogP) is 7.52. The van der Waals surface area contributed by atoms with Gasteiger partial charge in [-0.3, -0.25) is 14.4 Å². The second-order valence-electron chi connectivity index (χ2n) is 11.9. The van der Waals surface area contributed by atoms with Gasteiger partial charge >= 0.3 is 0 Å². The number of pyridine rings is 1. The van der Waals surface area contributed by atoms with E-state index in [1.54, 1.807) is 54.3 Å². The van der Waals surface area contributed by atoms with Gasteiger partial charge in [0.2, 0.25) is 5.91 Å². The number of rotatable bonds is 11. The molecule has 0 aliphatic rings. The number of imidazole rings is 1. The summed E-state index contributed by atoms with van der Waals surface area (Å²) in [5, 5.41) is 7.15. The molecule has 6 aromatic rings. The Morgan fingerprint density at radius 1 is 0.923 bits per heavy atom. The fraction of sp³-hybridized carbons (Fsp3) is 0.175. The van der Waals surface area contributed by atoms with E-state index < -0.39 is 11.7 Å². The Hall–Kier alpha value is -6.56. The number of hydrogen-bond donors (Lipinski definition) is 1. The maximum absolute atomic E-state index is 13.2. The lowest BCUT2D eigenvalue weighted by Crippen LogP contribution is -2.27. The summed E-state index contributed by atoms with van der Waals surface area (Å²) < 4.78 is 28.3. The summed E-state index contributed by atoms with van der Waals surface area (Å²) in [6.07, 6.45) is 8.46. The van der Waals surface area contributed by atoms with E-state index >= 15 is 0 Å². The van der Waals surface area contributed by atoms with Gasteiger partial charge in [0.25, 0.3) is 5.91 Å². The molecule has 0 fully saturated rings. The zero-order chi connectivity index (χ0) is 37.2. The number of anilines is 1. The molecule has 0 aliphatic heterocycles. The van der Waals surface area contributed by atoms with Crippen molar-refractivity contribution < 1.29 is 28.2 Å². The Morgan fingerprint density at radius 2 is 1.67 bits per heavy atom. The summed E-state index contributed by atoms with van der Waals surface area (Å²) in [6.45, 7) is 6.89. The number of benzene rings is 3. The molecule has 0 unspecified atom stereocenters. The normalized spacial score (nSPS) is 11.0. The fourth-order valence-corrected chi connectivity index (χ4v) is 5.02. The Labute approximate surface area is 300 Å². The highest BCUT2D eigenvalue weighted by Gasteiger charge is 2.19. The Kier molecular flexibility index (Phi) is 11.9. The summed E-state index contributed by atoms with van der Waals surface area (Å²) in [7, 11) is 1.90. The minimum Gasteiger partial charge on any atom is -0.485 e. The number of carbonyl (C=O) groups excluding carboxylic acids is 3. The monoisotopic (exact) mass is 702 g/mol. The van der Waals surface area contributed by atoms with E-state index in [2.05, 4.69) is 15.4 Å². The molecule has 266 valence electrons. The number of halogens is 1. The van der Waals surface area contributed by atoms with Crippen LogP contribution in [-0.4, -0.2) is 48.2 Å². The van der Waals surface area contributed by atoms with Gasteiger partial charge in [-0.15, -0.1) is 0 Å². The molecule has 0 saturated carbocycles. The van der Waals surface area contributed by atoms with Gasteiger partial charge in [-0.1, -0.05) is 48.0 Å². The van der Waals surface area contributed by atoms with Crippen molar-refractivity contribution in [3.8, 4) is 28.5 Å². The minimum absolute atomic E-state index is 0.149. The second kappa shape index (κ2) is 16.9. The molecule has 1 N–H and O–H groups in total. The highest BCUT2D eigenvalue weighted by atomic mass is 19.1. The summed E-state index contributed by atoms with van der Waals surface area (Å²) >= 11 is 0. The molecule has 0 atom stereocenters. The van der Waals surface area contributed by atoms with Crippen LogP contribution >= 0.6 is 0 Å². The lowest BCUT2D eigenvalue weighted by atomic mass is 10.1. The molecule has 0 aliphatic carbocycles. The van der Waals surface area contributed by atoms with Crippen LogP contribution in [-0.2, 0) is 28.0 Å². The van der Waals surface area contributed by atoms with Crippen molar-refractivity contribution in [3.63, 3.8) is 0 Å². The number of nitrogens with zero attached hydrogens (tertiary/aromatic N) is 5. The van der Waals surface area contributed by atoms with Gasteiger partial charge in [0, 0.05) is 56.4 Å². The molecule has 52 heavy (non-hydrogen) atoms. The molecule has 0 saturated heterocycles. The first kappa shape index (κ1) is 36.7. The standard InChI is InChI=1S/C33H32N6O5.C7H7F/c1-5-38(23(3)41)18-27(22(2)40)33(42)36-26-11-12-30(32(16-26)43-20-24-9-7-6-8-10-24)44-31-15-25(28-19-37(4)21-34-28)17-39-29(31)13-14-35-39;1-6-2-4-7(8)5-3-6/h6-19,21H,5,20H2,1-4H3,(H,36,42);2-5H,1H3/b27-18+;. The highest BCUT2D eigenvalue weighted by Crippen LogP contribution is 2.38. The van der Waals surface area contributed by atoms with Gasteiger partial charge in [0.1, 0.15) is 17.9 Å². The van der Waals surface area contributed by atoms with Crippen LogP contribution in [0, 0.1) is 12.7 Å². The second-order valence-corrected chi connectivity index (χ2v) is 11.9. The van der Waals surface area contributed by atoms with Crippen molar-refractivity contribution in [1.82, 2.24) is 24.1 Å². The van der Waals surface area contributed by atoms with Gasteiger partial charge in [-0.25, -0.2) is 13.9 Å². The molecular formula is C40H39FN6O5. The van der Waals surface area contributed by atoms with E-state index in [0.29, 0.717) is 29.5 Å². The van der Waals surface area contributed by atoms with Crippen LogP contribution in [0.25, 0.3) is 16.8 Å². The molecule has 0 radical (unpaired) electrons. The van der Waals surface area contributed by atoms with Crippen LogP contribution in [0.3, 0.4) is 0 Å². The van der Waals surface area contributed by atoms with Gasteiger partial charge in [0.05, 0.1) is 23.8 Å². The molecule has 6 rings (SSSR count). The number of amides is 2. The third-order valence-electron chi connectivity index (χ3n) is 7.79. The van der Waals surface area contributed by atoms with E-state index in [9.17, 15) is 18.8 Å². The SMILES string of the molecule is CCN(/C=C(\C(C)=O)C(=O)Nc1ccc(Oc2cc(-c3cn(C)cn3)cn3nccc23)c(OCc2ccccc2)c1)C(C)=O.Cc1ccc(F)cc1. The van der Waals surface area contributed by atoms with E-state index in [-0.39, 0.29) is 23.9 Å². The lowest BCUT2D eigenvalue weighted by Gasteiger charge is -2.17. The van der Waals surface area contributed by atoms with Crippen molar-refractivity contribution >= 4 is 28.8 Å². The zero-order valence-corrected chi connectivity index (χ0v) is 29.5. The van der Waals surface area contributed by atoms with Crippen molar-refractivity contribution in [3.05, 3.63) is 139 Å². The van der Waals surface area contributed by atoms with Crippen LogP contribution < -0.4 is 14.8 Å². The molecule has 2 amide bonds. The first-order valence-electron chi connectivity index (χ1n) is 16.5. The first-order valence-corrected chi connectivity index (χ1v) is 16.5. The lowest BCUT2D eigenvalue weighted by molar-refractivity contribution is -0.126. The van der Waals surface area contributed by atoms with Crippen LogP contribution in [0.5, 0.6) is 17.2 Å². The van der Waals surface area contributed by atoms with Crippen LogP contribution in [0.1, 0.15) is 31.9 Å². The van der Waals surface area contributed by atoms with Crippen molar-refractivity contribution in [2.75, 3.05) is 11.9 Å². The topological polar surface area (TPSA) is 120 Å². The van der Waals surface area contributed by atoms with Crippen molar-refractivity contribution in [2.45, 2.75) is 34.3 Å². The number of fused-ring (bicyclic) bond motifs is 1. The van der Waals surface area contributed by atoms with Gasteiger partial charge < -0.3 is 24.3 Å². The third kappa shape index (κ3) is 9.57. The van der Waals surface area contributed by atoms with Crippen LogP contribution in [0.4, 0.5) is 10.1 Å². The Balaban J connectivity index is 0.000000577. The molecule has 3 heterocycles. The Morgan fingerprint density at radius 3 is 2.31 bits per heavy atom. The van der Waals surface area contributed by atoms with Crippen molar-refractivity contribution in [1.29, 1.82) is 0 Å². The zero-order valence-electron chi connectivity index (χ0n) is 29.5. The van der Waals surface area contributed by atoms with E-state index in [0.717, 1.165) is 27.9 Å². The number of nitrogens with one attached hydrogen (secondary N) is 1. The largest absolute Gasteiger partial charge is 0.485 e. The first-order chi connectivity index (χ1) is 25.0. The van der Waals surface area contributed by atoms with E-state index in [1.165, 1.54) is 37.1 Å². The molecule has 0 bridgehead atoms. The summed E-state index contributed by atoms with van der Waals surface area (Å²) in [5.41, 5.74) is 4.55. The van der Waals surface area contributed by atoms with E-state index in [4.69, 9.17) is 9.47 Å². The molecule has 12 heteroatoms. The molecule has 11 nitrogen and oxygen atoms in total. The number of hydrogen-bond acceptors (Lipinski definition) is 7. The van der Waals surface area contributed by atoms with E-state index in [1.807, 2.05) is 73.4 Å². The highest BCUT2D eigenvalue weighted by molar-refractivity contribution is 6.22. The number of aromatic nitrogens is 4. The maximum atomic E-state index is 13.2. The fourth-order valence-electron chi connectivity index (χ4n) is 5.02. The summed E-state index contributed by atoms with van der Waals surface area (Å²) in [5.74, 6) is -0.287. The summed E-state index contributed by atoms with van der Waals surface area (Å²) in [6, 6.07) is 24.7. The minimum atomic E-state index is -0.649. The average molecular weight is 703 g/mol. The van der Waals surface area contributed by atoms with Gasteiger partial charge in [-0.05, 0) is 62.7 Å². The molecular weight excluding hydrogens is 663 g/mol.